The van der Waals surface area contributed by atoms with E-state index in [1.165, 1.54) is 32.9 Å². The number of nitrogens with zero attached hydrogens (tertiary/aromatic N) is 2. The number of thioether (sulfide) groups is 1. The number of aryl methyl sites for hydroxylation is 1. The van der Waals surface area contributed by atoms with Crippen LogP contribution in [-0.2, 0) is 6.42 Å². The van der Waals surface area contributed by atoms with Gasteiger partial charge in [-0.15, -0.1) is 11.8 Å². The molecule has 1 atom stereocenters. The third-order valence-corrected chi connectivity index (χ3v) is 8.60. The number of ether oxygens (including phenoxy) is 1. The van der Waals surface area contributed by atoms with Crippen molar-refractivity contribution in [2.75, 3.05) is 6.26 Å². The largest absolute Gasteiger partial charge is 0.490 e. The van der Waals surface area contributed by atoms with Gasteiger partial charge in [-0.3, -0.25) is 9.36 Å². The Kier molecular flexibility index (Phi) is 6.39. The van der Waals surface area contributed by atoms with Crippen molar-refractivity contribution in [2.24, 2.45) is 4.99 Å². The van der Waals surface area contributed by atoms with Crippen LogP contribution in [0.2, 0.25) is 0 Å². The van der Waals surface area contributed by atoms with Gasteiger partial charge in [0.25, 0.3) is 5.56 Å². The number of fused-ring (bicyclic) bond motifs is 3. The molecule has 0 saturated heterocycles. The van der Waals surface area contributed by atoms with Crippen molar-refractivity contribution >= 4 is 34.9 Å². The number of para-hydroxylation sites is 1. The summed E-state index contributed by atoms with van der Waals surface area (Å²) >= 11 is 3.18. The number of aromatic nitrogens is 1. The molecule has 0 N–H and O–H groups in total. The maximum Gasteiger partial charge on any atom is 0.271 e. The number of hydrogen-bond acceptors (Lipinski definition) is 5. The van der Waals surface area contributed by atoms with Crippen molar-refractivity contribution in [1.29, 1.82) is 0 Å². The van der Waals surface area contributed by atoms with Gasteiger partial charge in [0.05, 0.1) is 22.4 Å². The van der Waals surface area contributed by atoms with Crippen molar-refractivity contribution in [3.63, 3.8) is 0 Å². The zero-order valence-corrected chi connectivity index (χ0v) is 22.7. The fourth-order valence-electron chi connectivity index (χ4n) is 5.21. The lowest BCUT2D eigenvalue weighted by Gasteiger charge is -2.30. The highest BCUT2D eigenvalue weighted by molar-refractivity contribution is 7.98. The van der Waals surface area contributed by atoms with Crippen molar-refractivity contribution in [3.8, 4) is 5.75 Å². The van der Waals surface area contributed by atoms with Crippen LogP contribution < -0.4 is 19.6 Å². The molecule has 6 heteroatoms. The molecular formula is C31H28N2O2S2. The van der Waals surface area contributed by atoms with E-state index in [2.05, 4.69) is 54.8 Å². The number of allylic oxidation sites excluding steroid dienone is 1. The normalized spacial score (nSPS) is 16.8. The Balaban J connectivity index is 1.58. The van der Waals surface area contributed by atoms with E-state index in [-0.39, 0.29) is 17.7 Å². The van der Waals surface area contributed by atoms with Gasteiger partial charge in [0, 0.05) is 16.0 Å². The van der Waals surface area contributed by atoms with Crippen molar-refractivity contribution in [1.82, 2.24) is 4.57 Å². The molecule has 0 bridgehead atoms. The molecule has 6 rings (SSSR count). The first-order valence-electron chi connectivity index (χ1n) is 12.6. The SMILES string of the molecule is CSc1ccc(C2C3=C(N=c4sc(=Cc5ccccc5OC(C)C)c(=O)n42)c2ccccc2CC3)cc1. The van der Waals surface area contributed by atoms with Gasteiger partial charge in [-0.25, -0.2) is 4.99 Å². The number of thiazole rings is 1. The highest BCUT2D eigenvalue weighted by Crippen LogP contribution is 2.41. The quantitative estimate of drug-likeness (QED) is 0.309. The van der Waals surface area contributed by atoms with Crippen molar-refractivity contribution in [2.45, 2.75) is 43.7 Å². The van der Waals surface area contributed by atoms with E-state index in [9.17, 15) is 4.79 Å². The first-order chi connectivity index (χ1) is 18.0. The Morgan fingerprint density at radius 2 is 1.78 bits per heavy atom. The Bertz CT molecular complexity index is 1690. The fraction of sp³-hybridized carbons (Fsp3) is 0.226. The maximum atomic E-state index is 14.0. The Morgan fingerprint density at radius 3 is 2.57 bits per heavy atom. The molecule has 0 spiro atoms. The van der Waals surface area contributed by atoms with E-state index in [0.717, 1.165) is 40.2 Å². The number of benzene rings is 3. The van der Waals surface area contributed by atoms with Crippen LogP contribution in [0.1, 0.15) is 48.6 Å². The smallest absolute Gasteiger partial charge is 0.271 e. The van der Waals surface area contributed by atoms with Gasteiger partial charge < -0.3 is 4.74 Å². The predicted octanol–water partition coefficient (Wildman–Crippen LogP) is 5.83. The molecule has 1 aromatic heterocycles. The fourth-order valence-corrected chi connectivity index (χ4v) is 6.61. The molecule has 0 fully saturated rings. The molecule has 4 aromatic rings. The minimum atomic E-state index is -0.167. The van der Waals surface area contributed by atoms with Crippen LogP contribution in [-0.4, -0.2) is 16.9 Å². The molecule has 0 saturated carbocycles. The minimum absolute atomic E-state index is 0.00699. The van der Waals surface area contributed by atoms with E-state index in [4.69, 9.17) is 9.73 Å². The highest BCUT2D eigenvalue weighted by Gasteiger charge is 2.32. The van der Waals surface area contributed by atoms with Gasteiger partial charge in [-0.1, -0.05) is 65.9 Å². The summed E-state index contributed by atoms with van der Waals surface area (Å²) in [7, 11) is 0. The van der Waals surface area contributed by atoms with Gasteiger partial charge in [-0.2, -0.15) is 0 Å². The Labute approximate surface area is 224 Å². The second kappa shape index (κ2) is 9.84. The van der Waals surface area contributed by atoms with Crippen LogP contribution in [0.5, 0.6) is 5.75 Å². The average Bonchev–Trinajstić information content (AvgIpc) is 3.22. The van der Waals surface area contributed by atoms with Crippen LogP contribution in [0, 0.1) is 0 Å². The van der Waals surface area contributed by atoms with Crippen molar-refractivity contribution < 1.29 is 4.74 Å². The van der Waals surface area contributed by atoms with Crippen LogP contribution >= 0.6 is 23.1 Å². The molecule has 1 aliphatic carbocycles. The molecule has 4 nitrogen and oxygen atoms in total. The average molecular weight is 525 g/mol. The summed E-state index contributed by atoms with van der Waals surface area (Å²) in [5.41, 5.74) is 6.76. The lowest BCUT2D eigenvalue weighted by Crippen LogP contribution is -2.38. The Morgan fingerprint density at radius 1 is 1.03 bits per heavy atom. The van der Waals surface area contributed by atoms with Crippen LogP contribution in [0.25, 0.3) is 11.8 Å². The van der Waals surface area contributed by atoms with Crippen LogP contribution in [0.3, 0.4) is 0 Å². The molecule has 186 valence electrons. The molecule has 0 radical (unpaired) electrons. The third-order valence-electron chi connectivity index (χ3n) is 6.87. The lowest BCUT2D eigenvalue weighted by atomic mass is 9.83. The first kappa shape index (κ1) is 24.0. The van der Waals surface area contributed by atoms with Gasteiger partial charge in [0.2, 0.25) is 0 Å². The van der Waals surface area contributed by atoms with E-state index >= 15 is 0 Å². The summed E-state index contributed by atoms with van der Waals surface area (Å²) in [6.45, 7) is 4.02. The summed E-state index contributed by atoms with van der Waals surface area (Å²) in [5, 5.41) is 0. The molecule has 3 aromatic carbocycles. The summed E-state index contributed by atoms with van der Waals surface area (Å²) in [6, 6.07) is 24.9. The van der Waals surface area contributed by atoms with Crippen LogP contribution in [0.4, 0.5) is 0 Å². The minimum Gasteiger partial charge on any atom is -0.490 e. The topological polar surface area (TPSA) is 43.6 Å². The van der Waals surface area contributed by atoms with E-state index in [1.54, 1.807) is 11.8 Å². The Hall–Kier alpha value is -3.35. The van der Waals surface area contributed by atoms with Gasteiger partial charge in [-0.05, 0) is 73.9 Å². The summed E-state index contributed by atoms with van der Waals surface area (Å²) in [4.78, 5) is 21.1. The van der Waals surface area contributed by atoms with Gasteiger partial charge in [0.1, 0.15) is 5.75 Å². The maximum absolute atomic E-state index is 14.0. The highest BCUT2D eigenvalue weighted by atomic mass is 32.2. The van der Waals surface area contributed by atoms with E-state index in [0.29, 0.717) is 4.53 Å². The molecule has 1 unspecified atom stereocenters. The standard InChI is InChI=1S/C31H28N2O2S2/c1-19(2)35-26-11-7-5-9-22(26)18-27-30(34)33-29(21-12-15-23(36-3)16-13-21)25-17-14-20-8-4-6-10-24(20)28(25)32-31(33)37-27/h4-13,15-16,18-19,29H,14,17H2,1-3H3. The van der Waals surface area contributed by atoms with Crippen LogP contribution in [0.15, 0.2) is 93.1 Å². The third kappa shape index (κ3) is 4.38. The molecule has 1 aliphatic heterocycles. The zero-order chi connectivity index (χ0) is 25.5. The second-order valence-electron chi connectivity index (χ2n) is 9.59. The monoisotopic (exact) mass is 524 g/mol. The molecular weight excluding hydrogens is 496 g/mol. The van der Waals surface area contributed by atoms with E-state index < -0.39 is 0 Å². The molecule has 2 heterocycles. The predicted molar refractivity (Wildman–Crippen MR) is 153 cm³/mol. The second-order valence-corrected chi connectivity index (χ2v) is 11.5. The molecule has 2 aliphatic rings. The van der Waals surface area contributed by atoms with E-state index in [1.807, 2.05) is 48.8 Å². The molecule has 37 heavy (non-hydrogen) atoms. The van der Waals surface area contributed by atoms with Gasteiger partial charge >= 0.3 is 0 Å². The van der Waals surface area contributed by atoms with Gasteiger partial charge in [0.15, 0.2) is 4.80 Å². The number of hydrogen-bond donors (Lipinski definition) is 0. The lowest BCUT2D eigenvalue weighted by molar-refractivity contribution is 0.242. The molecule has 0 amide bonds. The summed E-state index contributed by atoms with van der Waals surface area (Å²) in [5.74, 6) is 0.778. The summed E-state index contributed by atoms with van der Waals surface area (Å²) < 4.78 is 8.59. The zero-order valence-electron chi connectivity index (χ0n) is 21.1. The van der Waals surface area contributed by atoms with Crippen molar-refractivity contribution in [3.05, 3.63) is 120 Å². The first-order valence-corrected chi connectivity index (χ1v) is 14.6. The number of rotatable bonds is 5. The summed E-state index contributed by atoms with van der Waals surface area (Å²) in [6.07, 6.45) is 5.92.